The highest BCUT2D eigenvalue weighted by atomic mass is 16.7. The first kappa shape index (κ1) is 17.8. The maximum atomic E-state index is 11.8. The topological polar surface area (TPSA) is 51.3 Å². The van der Waals surface area contributed by atoms with Crippen molar-refractivity contribution in [1.82, 2.24) is 4.98 Å². The van der Waals surface area contributed by atoms with E-state index in [-0.39, 0.29) is 5.97 Å². The Bertz CT molecular complexity index is 987. The van der Waals surface area contributed by atoms with Crippen molar-refractivity contribution in [1.29, 1.82) is 0 Å². The van der Waals surface area contributed by atoms with Gasteiger partial charge in [-0.15, -0.1) is 0 Å². The molecule has 2 aromatic carbocycles. The number of ether oxygens (including phenoxy) is 2. The van der Waals surface area contributed by atoms with Gasteiger partial charge in [-0.2, -0.15) is 0 Å². The molecule has 1 N–H and O–H groups in total. The number of aryl methyl sites for hydroxylation is 1. The van der Waals surface area contributed by atoms with E-state index in [0.29, 0.717) is 13.0 Å². The van der Waals surface area contributed by atoms with E-state index >= 15 is 0 Å². The molecule has 1 aliphatic rings. The fourth-order valence-corrected chi connectivity index (χ4v) is 4.11. The maximum absolute atomic E-state index is 11.8. The maximum Gasteiger partial charge on any atom is 0.305 e. The zero-order valence-corrected chi connectivity index (χ0v) is 16.1. The van der Waals surface area contributed by atoms with Gasteiger partial charge in [0.2, 0.25) is 0 Å². The zero-order valence-electron chi connectivity index (χ0n) is 16.1. The lowest BCUT2D eigenvalue weighted by atomic mass is 9.95. The van der Waals surface area contributed by atoms with Crippen LogP contribution < -0.4 is 0 Å². The van der Waals surface area contributed by atoms with Crippen LogP contribution in [0.15, 0.2) is 42.5 Å². The van der Waals surface area contributed by atoms with Crippen LogP contribution in [0.2, 0.25) is 0 Å². The summed E-state index contributed by atoms with van der Waals surface area (Å²) < 4.78 is 11.8. The van der Waals surface area contributed by atoms with E-state index < -0.39 is 5.79 Å². The molecule has 1 aliphatic heterocycles. The average Bonchev–Trinajstić information content (AvgIpc) is 3.03. The minimum atomic E-state index is -1.02. The van der Waals surface area contributed by atoms with Gasteiger partial charge < -0.3 is 14.5 Å². The van der Waals surface area contributed by atoms with Gasteiger partial charge in [0.1, 0.15) is 0 Å². The molecule has 0 amide bonds. The molecule has 4 rings (SSSR count). The number of H-pyrrole nitrogens is 1. The third-order valence-corrected chi connectivity index (χ3v) is 5.26. The number of para-hydroxylation sites is 1. The fraction of sp³-hybridized carbons (Fsp3) is 0.348. The molecule has 0 bridgehead atoms. The molecule has 0 saturated heterocycles. The Morgan fingerprint density at radius 1 is 1.22 bits per heavy atom. The number of aromatic nitrogens is 1. The third kappa shape index (κ3) is 3.04. The molecule has 1 unspecified atom stereocenters. The first-order valence-corrected chi connectivity index (χ1v) is 9.58. The molecule has 0 fully saturated rings. The monoisotopic (exact) mass is 363 g/mol. The number of benzene rings is 2. The van der Waals surface area contributed by atoms with Crippen LogP contribution in [-0.2, 0) is 26.5 Å². The molecule has 4 nitrogen and oxygen atoms in total. The van der Waals surface area contributed by atoms with Crippen LogP contribution in [0.1, 0.15) is 43.5 Å². The van der Waals surface area contributed by atoms with Crippen molar-refractivity contribution in [2.45, 2.75) is 45.8 Å². The summed E-state index contributed by atoms with van der Waals surface area (Å²) in [4.78, 5) is 15.4. The van der Waals surface area contributed by atoms with Gasteiger partial charge in [-0.05, 0) is 30.9 Å². The van der Waals surface area contributed by atoms with Crippen molar-refractivity contribution in [2.24, 2.45) is 0 Å². The van der Waals surface area contributed by atoms with E-state index in [1.54, 1.807) is 0 Å². The van der Waals surface area contributed by atoms with Crippen molar-refractivity contribution in [3.05, 3.63) is 59.3 Å². The molecular weight excluding hydrogens is 338 g/mol. The molecule has 0 spiro atoms. The number of fused-ring (bicyclic) bond motifs is 3. The Morgan fingerprint density at radius 3 is 2.70 bits per heavy atom. The molecule has 4 heteroatoms. The van der Waals surface area contributed by atoms with Gasteiger partial charge in [0.25, 0.3) is 5.79 Å². The highest BCUT2D eigenvalue weighted by Gasteiger charge is 2.43. The van der Waals surface area contributed by atoms with Gasteiger partial charge in [-0.25, -0.2) is 0 Å². The lowest BCUT2D eigenvalue weighted by Crippen LogP contribution is -2.39. The van der Waals surface area contributed by atoms with Crippen LogP contribution in [0.3, 0.4) is 0 Å². The molecule has 1 aromatic heterocycles. The van der Waals surface area contributed by atoms with Crippen LogP contribution in [0.4, 0.5) is 0 Å². The van der Waals surface area contributed by atoms with Crippen LogP contribution in [0, 0.1) is 6.92 Å². The fourth-order valence-electron chi connectivity index (χ4n) is 4.11. The Morgan fingerprint density at radius 2 is 2.00 bits per heavy atom. The predicted octanol–water partition coefficient (Wildman–Crippen LogP) is 5.23. The normalized spacial score (nSPS) is 19.1. The molecule has 2 heterocycles. The van der Waals surface area contributed by atoms with Crippen LogP contribution in [-0.4, -0.2) is 17.6 Å². The molecule has 140 valence electrons. The third-order valence-electron chi connectivity index (χ3n) is 5.26. The van der Waals surface area contributed by atoms with Gasteiger partial charge in [0.15, 0.2) is 0 Å². The highest BCUT2D eigenvalue weighted by molar-refractivity contribution is 5.97. The summed E-state index contributed by atoms with van der Waals surface area (Å²) in [5.74, 6) is -1.34. The van der Waals surface area contributed by atoms with E-state index in [2.05, 4.69) is 61.3 Å². The van der Waals surface area contributed by atoms with Gasteiger partial charge in [-0.1, -0.05) is 55.0 Å². The Hall–Kier alpha value is -2.59. The van der Waals surface area contributed by atoms with Crippen molar-refractivity contribution in [3.8, 4) is 11.1 Å². The van der Waals surface area contributed by atoms with Crippen molar-refractivity contribution >= 4 is 16.9 Å². The lowest BCUT2D eigenvalue weighted by Gasteiger charge is -2.36. The quantitative estimate of drug-likeness (QED) is 0.646. The average molecular weight is 363 g/mol. The van der Waals surface area contributed by atoms with Gasteiger partial charge >= 0.3 is 5.97 Å². The number of hydrogen-bond donors (Lipinski definition) is 1. The number of hydrogen-bond acceptors (Lipinski definition) is 3. The predicted molar refractivity (Wildman–Crippen MR) is 106 cm³/mol. The second-order valence-corrected chi connectivity index (χ2v) is 7.27. The van der Waals surface area contributed by atoms with E-state index in [4.69, 9.17) is 9.47 Å². The van der Waals surface area contributed by atoms with Gasteiger partial charge in [0.05, 0.1) is 17.8 Å². The van der Waals surface area contributed by atoms with Crippen molar-refractivity contribution in [3.63, 3.8) is 0 Å². The number of carbonyl (C=O) groups is 1. The Labute approximate surface area is 159 Å². The number of aromatic amines is 1. The second-order valence-electron chi connectivity index (χ2n) is 7.27. The van der Waals surface area contributed by atoms with Crippen LogP contribution in [0.5, 0.6) is 0 Å². The lowest BCUT2D eigenvalue weighted by molar-refractivity contribution is -0.247. The summed E-state index contributed by atoms with van der Waals surface area (Å²) in [6, 6.07) is 14.9. The highest BCUT2D eigenvalue weighted by Crippen LogP contribution is 2.42. The molecule has 1 atom stereocenters. The molecule has 0 radical (unpaired) electrons. The van der Waals surface area contributed by atoms with Gasteiger partial charge in [-0.3, -0.25) is 4.79 Å². The Kier molecular flexibility index (Phi) is 4.52. The summed E-state index contributed by atoms with van der Waals surface area (Å²) in [5.41, 5.74) is 6.71. The minimum Gasteiger partial charge on any atom is -0.427 e. The zero-order chi connectivity index (χ0) is 19.0. The van der Waals surface area contributed by atoms with E-state index in [1.807, 2.05) is 0 Å². The molecule has 0 saturated carbocycles. The molecule has 27 heavy (non-hydrogen) atoms. The summed E-state index contributed by atoms with van der Waals surface area (Å²) in [6.45, 7) is 6.15. The number of carbonyl (C=O) groups excluding carboxylic acids is 1. The number of nitrogens with one attached hydrogen (secondary N) is 1. The summed E-state index contributed by atoms with van der Waals surface area (Å²) in [5, 5.41) is 1.18. The summed E-state index contributed by atoms with van der Waals surface area (Å²) in [7, 11) is 0. The van der Waals surface area contributed by atoms with E-state index in [1.165, 1.54) is 29.0 Å². The molecular formula is C23H25NO3. The smallest absolute Gasteiger partial charge is 0.305 e. The molecule has 3 aromatic rings. The van der Waals surface area contributed by atoms with Gasteiger partial charge in [0, 0.05) is 24.3 Å². The summed E-state index contributed by atoms with van der Waals surface area (Å²) >= 11 is 0. The largest absolute Gasteiger partial charge is 0.427 e. The van der Waals surface area contributed by atoms with Crippen molar-refractivity contribution < 1.29 is 14.3 Å². The number of esters is 1. The van der Waals surface area contributed by atoms with Crippen LogP contribution in [0.25, 0.3) is 22.0 Å². The number of rotatable bonds is 4. The second kappa shape index (κ2) is 6.86. The first-order chi connectivity index (χ1) is 13.0. The Balaban J connectivity index is 1.93. The minimum absolute atomic E-state index is 0.325. The molecule has 0 aliphatic carbocycles. The van der Waals surface area contributed by atoms with E-state index in [9.17, 15) is 4.79 Å². The summed E-state index contributed by atoms with van der Waals surface area (Å²) in [6.07, 6.45) is 2.29. The first-order valence-electron chi connectivity index (χ1n) is 9.58. The SMILES string of the molecule is CCCC1(OC(C)=O)OCCc2c1[nH]c1c(-c3ccc(C)cc3)cccc21. The van der Waals surface area contributed by atoms with Crippen molar-refractivity contribution in [2.75, 3.05) is 6.61 Å². The standard InChI is InChI=1S/C23H25NO3/c1-4-13-23(27-16(3)25)22-20(12-14-26-23)19-7-5-6-18(21(19)24-22)17-10-8-15(2)9-11-17/h5-11,24H,4,12-14H2,1-3H3. The van der Waals surface area contributed by atoms with Crippen LogP contribution >= 0.6 is 0 Å². The van der Waals surface area contributed by atoms with E-state index in [0.717, 1.165) is 29.6 Å².